The van der Waals surface area contributed by atoms with Gasteiger partial charge in [-0.25, -0.2) is 0 Å². The summed E-state index contributed by atoms with van der Waals surface area (Å²) in [5, 5.41) is 8.71. The van der Waals surface area contributed by atoms with Crippen molar-refractivity contribution in [2.45, 2.75) is 19.1 Å². The van der Waals surface area contributed by atoms with Crippen LogP contribution in [-0.2, 0) is 24.8 Å². The number of amides is 1. The number of carbonyl (C=O) groups is 1. The van der Waals surface area contributed by atoms with Gasteiger partial charge < -0.3 is 10.6 Å². The molecule has 2 heterocycles. The van der Waals surface area contributed by atoms with Crippen LogP contribution in [0.3, 0.4) is 0 Å². The SMILES string of the molecule is Cn1nc(NC(=O)C(F)(F)F)c2c1CCNC2. The van der Waals surface area contributed by atoms with Crippen LogP contribution in [0, 0.1) is 0 Å². The lowest BCUT2D eigenvalue weighted by atomic mass is 10.1. The molecular formula is C9H11F3N4O. The van der Waals surface area contributed by atoms with Crippen LogP contribution in [0.4, 0.5) is 19.0 Å². The fourth-order valence-electron chi connectivity index (χ4n) is 1.80. The molecule has 0 aliphatic carbocycles. The molecule has 0 spiro atoms. The molecule has 0 aromatic carbocycles. The smallest absolute Gasteiger partial charge is 0.312 e. The Labute approximate surface area is 95.0 Å². The number of aromatic nitrogens is 2. The minimum atomic E-state index is -4.90. The molecule has 0 bridgehead atoms. The summed E-state index contributed by atoms with van der Waals surface area (Å²) in [4.78, 5) is 10.8. The van der Waals surface area contributed by atoms with Crippen LogP contribution in [-0.4, -0.2) is 28.4 Å². The van der Waals surface area contributed by atoms with E-state index in [2.05, 4.69) is 10.4 Å². The minimum Gasteiger partial charge on any atom is -0.312 e. The molecule has 17 heavy (non-hydrogen) atoms. The topological polar surface area (TPSA) is 59.0 Å². The fraction of sp³-hybridized carbons (Fsp3) is 0.556. The van der Waals surface area contributed by atoms with Crippen molar-refractivity contribution in [2.75, 3.05) is 11.9 Å². The van der Waals surface area contributed by atoms with E-state index in [0.717, 1.165) is 12.2 Å². The fourth-order valence-corrected chi connectivity index (χ4v) is 1.80. The number of anilines is 1. The first-order chi connectivity index (χ1) is 7.89. The highest BCUT2D eigenvalue weighted by Crippen LogP contribution is 2.24. The molecule has 5 nitrogen and oxygen atoms in total. The number of hydrogen-bond acceptors (Lipinski definition) is 3. The van der Waals surface area contributed by atoms with Gasteiger partial charge >= 0.3 is 12.1 Å². The van der Waals surface area contributed by atoms with Gasteiger partial charge in [0.1, 0.15) is 0 Å². The highest BCUT2D eigenvalue weighted by molar-refractivity contribution is 5.94. The maximum atomic E-state index is 12.1. The first-order valence-corrected chi connectivity index (χ1v) is 5.03. The van der Waals surface area contributed by atoms with E-state index in [1.54, 1.807) is 12.4 Å². The number of fused-ring (bicyclic) bond motifs is 1. The van der Waals surface area contributed by atoms with Crippen LogP contribution < -0.4 is 10.6 Å². The predicted octanol–water partition coefficient (Wildman–Crippen LogP) is 0.567. The lowest BCUT2D eigenvalue weighted by Crippen LogP contribution is -2.31. The highest BCUT2D eigenvalue weighted by Gasteiger charge is 2.39. The summed E-state index contributed by atoms with van der Waals surface area (Å²) in [7, 11) is 1.65. The Bertz CT molecular complexity index is 452. The van der Waals surface area contributed by atoms with Gasteiger partial charge in [0.25, 0.3) is 0 Å². The third kappa shape index (κ3) is 2.26. The zero-order valence-corrected chi connectivity index (χ0v) is 9.06. The van der Waals surface area contributed by atoms with Crippen LogP contribution >= 0.6 is 0 Å². The summed E-state index contributed by atoms with van der Waals surface area (Å²) in [6.45, 7) is 1.16. The van der Waals surface area contributed by atoms with Crippen molar-refractivity contribution in [3.63, 3.8) is 0 Å². The Morgan fingerprint density at radius 1 is 1.53 bits per heavy atom. The molecule has 1 aliphatic rings. The summed E-state index contributed by atoms with van der Waals surface area (Å²) in [5.41, 5.74) is 1.47. The number of halogens is 3. The van der Waals surface area contributed by atoms with E-state index in [1.165, 1.54) is 4.68 Å². The van der Waals surface area contributed by atoms with Gasteiger partial charge in [-0.1, -0.05) is 0 Å². The molecular weight excluding hydrogens is 237 g/mol. The number of hydrogen-bond donors (Lipinski definition) is 2. The summed E-state index contributed by atoms with van der Waals surface area (Å²) in [5.74, 6) is -2.01. The summed E-state index contributed by atoms with van der Waals surface area (Å²) in [6.07, 6.45) is -4.22. The molecule has 8 heteroatoms. The molecule has 1 aromatic heterocycles. The van der Waals surface area contributed by atoms with E-state index >= 15 is 0 Å². The molecule has 0 atom stereocenters. The zero-order valence-electron chi connectivity index (χ0n) is 9.06. The number of rotatable bonds is 1. The van der Waals surface area contributed by atoms with Crippen molar-refractivity contribution < 1.29 is 18.0 Å². The molecule has 1 amide bonds. The lowest BCUT2D eigenvalue weighted by molar-refractivity contribution is -0.167. The Morgan fingerprint density at radius 2 is 2.24 bits per heavy atom. The number of nitrogens with zero attached hydrogens (tertiary/aromatic N) is 2. The van der Waals surface area contributed by atoms with Crippen molar-refractivity contribution in [1.29, 1.82) is 0 Å². The maximum Gasteiger partial charge on any atom is 0.471 e. The Morgan fingerprint density at radius 3 is 2.88 bits per heavy atom. The van der Waals surface area contributed by atoms with E-state index in [0.29, 0.717) is 18.5 Å². The van der Waals surface area contributed by atoms with E-state index in [-0.39, 0.29) is 5.82 Å². The molecule has 0 fully saturated rings. The number of carbonyl (C=O) groups excluding carboxylic acids is 1. The quantitative estimate of drug-likeness (QED) is 0.763. The molecule has 1 aliphatic heterocycles. The second-order valence-corrected chi connectivity index (χ2v) is 3.78. The van der Waals surface area contributed by atoms with Crippen LogP contribution in [0.15, 0.2) is 0 Å². The third-order valence-corrected chi connectivity index (χ3v) is 2.60. The van der Waals surface area contributed by atoms with Crippen LogP contribution in [0.1, 0.15) is 11.3 Å². The number of aryl methyl sites for hydroxylation is 1. The molecule has 0 unspecified atom stereocenters. The zero-order chi connectivity index (χ0) is 12.6. The molecule has 0 saturated heterocycles. The maximum absolute atomic E-state index is 12.1. The normalized spacial score (nSPS) is 15.5. The molecule has 0 radical (unpaired) electrons. The summed E-state index contributed by atoms with van der Waals surface area (Å²) in [6, 6.07) is 0. The van der Waals surface area contributed by atoms with Crippen LogP contribution in [0.2, 0.25) is 0 Å². The minimum absolute atomic E-state index is 0.0166. The van der Waals surface area contributed by atoms with E-state index in [9.17, 15) is 18.0 Å². The number of alkyl halides is 3. The van der Waals surface area contributed by atoms with E-state index in [1.807, 2.05) is 0 Å². The molecule has 1 aromatic rings. The highest BCUT2D eigenvalue weighted by atomic mass is 19.4. The van der Waals surface area contributed by atoms with Crippen molar-refractivity contribution >= 4 is 11.7 Å². The molecule has 2 rings (SSSR count). The molecule has 2 N–H and O–H groups in total. The van der Waals surface area contributed by atoms with Gasteiger partial charge in [-0.2, -0.15) is 18.3 Å². The van der Waals surface area contributed by atoms with Crippen molar-refractivity contribution in [3.05, 3.63) is 11.3 Å². The van der Waals surface area contributed by atoms with Gasteiger partial charge in [-0.05, 0) is 0 Å². The first kappa shape index (κ1) is 11.9. The Kier molecular flexibility index (Phi) is 2.82. The van der Waals surface area contributed by atoms with Crippen molar-refractivity contribution in [1.82, 2.24) is 15.1 Å². The van der Waals surface area contributed by atoms with E-state index < -0.39 is 12.1 Å². The van der Waals surface area contributed by atoms with Crippen molar-refractivity contribution in [2.24, 2.45) is 7.05 Å². The van der Waals surface area contributed by atoms with Crippen molar-refractivity contribution in [3.8, 4) is 0 Å². The lowest BCUT2D eigenvalue weighted by Gasteiger charge is -2.14. The average Bonchev–Trinajstić information content (AvgIpc) is 2.56. The molecule has 0 saturated carbocycles. The first-order valence-electron chi connectivity index (χ1n) is 5.03. The predicted molar refractivity (Wildman–Crippen MR) is 53.3 cm³/mol. The number of nitrogens with one attached hydrogen (secondary N) is 2. The largest absolute Gasteiger partial charge is 0.471 e. The van der Waals surface area contributed by atoms with Crippen LogP contribution in [0.25, 0.3) is 0 Å². The van der Waals surface area contributed by atoms with Gasteiger partial charge in [0, 0.05) is 37.8 Å². The van der Waals surface area contributed by atoms with Gasteiger partial charge in [0.05, 0.1) is 0 Å². The van der Waals surface area contributed by atoms with E-state index in [4.69, 9.17) is 0 Å². The second kappa shape index (κ2) is 4.02. The standard InChI is InChI=1S/C9H11F3N4O/c1-16-6-2-3-13-4-5(6)7(15-16)14-8(17)9(10,11)12/h13H,2-4H2,1H3,(H,14,15,17). The van der Waals surface area contributed by atoms with Gasteiger partial charge in [-0.15, -0.1) is 0 Å². The Hall–Kier alpha value is -1.57. The summed E-state index contributed by atoms with van der Waals surface area (Å²) >= 11 is 0. The summed E-state index contributed by atoms with van der Waals surface area (Å²) < 4.78 is 37.8. The van der Waals surface area contributed by atoms with Gasteiger partial charge in [-0.3, -0.25) is 9.48 Å². The Balaban J connectivity index is 2.25. The van der Waals surface area contributed by atoms with Gasteiger partial charge in [0.2, 0.25) is 0 Å². The van der Waals surface area contributed by atoms with Gasteiger partial charge in [0.15, 0.2) is 5.82 Å². The molecule has 94 valence electrons. The monoisotopic (exact) mass is 248 g/mol. The van der Waals surface area contributed by atoms with Crippen LogP contribution in [0.5, 0.6) is 0 Å². The average molecular weight is 248 g/mol. The second-order valence-electron chi connectivity index (χ2n) is 3.78. The third-order valence-electron chi connectivity index (χ3n) is 2.60.